The number of fused-ring (bicyclic) bond motifs is 1. The van der Waals surface area contributed by atoms with Crippen LogP contribution in [0.4, 0.5) is 0 Å². The topological polar surface area (TPSA) is 80.1 Å². The molecule has 0 bridgehead atoms. The zero-order valence-corrected chi connectivity index (χ0v) is 16.0. The van der Waals surface area contributed by atoms with Crippen molar-refractivity contribution in [1.82, 2.24) is 15.3 Å². The Bertz CT molecular complexity index is 1060. The number of hydrogen-bond donors (Lipinski definition) is 2. The number of aromatic amines is 1. The van der Waals surface area contributed by atoms with Crippen LogP contribution in [0.3, 0.4) is 0 Å². The average Bonchev–Trinajstić information content (AvgIpc) is 3.53. The van der Waals surface area contributed by atoms with E-state index in [9.17, 15) is 4.79 Å². The van der Waals surface area contributed by atoms with Crippen molar-refractivity contribution in [1.29, 1.82) is 0 Å². The van der Waals surface area contributed by atoms with Crippen molar-refractivity contribution >= 4 is 16.9 Å². The third-order valence-corrected chi connectivity index (χ3v) is 5.73. The number of nitrogens with one attached hydrogen (secondary N) is 2. The van der Waals surface area contributed by atoms with Crippen molar-refractivity contribution in [3.05, 3.63) is 66.9 Å². The van der Waals surface area contributed by atoms with E-state index < -0.39 is 0 Å². The van der Waals surface area contributed by atoms with Crippen LogP contribution in [0, 0.1) is 5.92 Å². The number of rotatable bonds is 5. The Morgan fingerprint density at radius 3 is 3.07 bits per heavy atom. The maximum atomic E-state index is 12.9. The first kappa shape index (κ1) is 17.9. The summed E-state index contributed by atoms with van der Waals surface area (Å²) in [6, 6.07) is 4.05. The minimum atomic E-state index is -0.267. The fraction of sp³-hybridized carbons (Fsp3) is 0.304. The van der Waals surface area contributed by atoms with Crippen LogP contribution in [0.1, 0.15) is 24.3 Å². The summed E-state index contributed by atoms with van der Waals surface area (Å²) in [6.07, 6.45) is 17.4. The predicted octanol–water partition coefficient (Wildman–Crippen LogP) is 3.94. The van der Waals surface area contributed by atoms with Gasteiger partial charge in [0.2, 0.25) is 5.91 Å². The maximum absolute atomic E-state index is 12.9. The smallest absolute Gasteiger partial charge is 0.227 e. The molecule has 148 valence electrons. The zero-order chi connectivity index (χ0) is 19.6. The molecule has 1 amide bonds. The molecule has 3 atom stereocenters. The number of ether oxygens (including phenoxy) is 1. The minimum Gasteiger partial charge on any atom is -0.472 e. The lowest BCUT2D eigenvalue weighted by atomic mass is 9.82. The highest BCUT2D eigenvalue weighted by Gasteiger charge is 2.28. The first-order valence-corrected chi connectivity index (χ1v) is 10.0. The van der Waals surface area contributed by atoms with E-state index in [1.54, 1.807) is 12.5 Å². The van der Waals surface area contributed by atoms with Crippen LogP contribution in [0.5, 0.6) is 0 Å². The first-order valence-electron chi connectivity index (χ1n) is 10.0. The fourth-order valence-corrected chi connectivity index (χ4v) is 4.17. The van der Waals surface area contributed by atoms with E-state index in [1.807, 2.05) is 36.7 Å². The Morgan fingerprint density at radius 2 is 2.24 bits per heavy atom. The number of aromatic nitrogens is 2. The molecule has 1 aliphatic heterocycles. The van der Waals surface area contributed by atoms with Gasteiger partial charge in [0.05, 0.1) is 24.5 Å². The Hall–Kier alpha value is -3.12. The lowest BCUT2D eigenvalue weighted by Gasteiger charge is -2.24. The molecule has 5 rings (SSSR count). The highest BCUT2D eigenvalue weighted by atomic mass is 16.5. The molecule has 0 aromatic carbocycles. The van der Waals surface area contributed by atoms with E-state index in [0.717, 1.165) is 47.2 Å². The molecule has 0 radical (unpaired) electrons. The van der Waals surface area contributed by atoms with Gasteiger partial charge in [-0.1, -0.05) is 24.3 Å². The molecule has 6 heteroatoms. The van der Waals surface area contributed by atoms with Crippen molar-refractivity contribution in [2.45, 2.75) is 24.9 Å². The summed E-state index contributed by atoms with van der Waals surface area (Å²) in [5.41, 5.74) is 3.87. The SMILES string of the molecule is O=C(NCC1CCCO1)C1C=CC=CC1c1cnc2[nH]cc(-c3ccoc3)c2c1. The van der Waals surface area contributed by atoms with Crippen molar-refractivity contribution in [3.63, 3.8) is 0 Å². The molecule has 0 saturated carbocycles. The van der Waals surface area contributed by atoms with Crippen LogP contribution >= 0.6 is 0 Å². The maximum Gasteiger partial charge on any atom is 0.227 e. The number of furan rings is 1. The van der Waals surface area contributed by atoms with Gasteiger partial charge in [0.1, 0.15) is 5.65 Å². The number of pyridine rings is 1. The summed E-state index contributed by atoms with van der Waals surface area (Å²) in [4.78, 5) is 20.7. The summed E-state index contributed by atoms with van der Waals surface area (Å²) >= 11 is 0. The lowest BCUT2D eigenvalue weighted by molar-refractivity contribution is -0.124. The van der Waals surface area contributed by atoms with Gasteiger partial charge in [-0.05, 0) is 30.5 Å². The minimum absolute atomic E-state index is 0.0234. The van der Waals surface area contributed by atoms with Crippen LogP contribution in [-0.4, -0.2) is 35.1 Å². The van der Waals surface area contributed by atoms with E-state index in [4.69, 9.17) is 9.15 Å². The van der Waals surface area contributed by atoms with Gasteiger partial charge < -0.3 is 19.5 Å². The van der Waals surface area contributed by atoms with Gasteiger partial charge in [0, 0.05) is 48.0 Å². The number of H-pyrrole nitrogens is 1. The molecular weight excluding hydrogens is 366 g/mol. The molecule has 6 nitrogen and oxygen atoms in total. The Morgan fingerprint density at radius 1 is 1.31 bits per heavy atom. The highest BCUT2D eigenvalue weighted by molar-refractivity contribution is 5.94. The Labute approximate surface area is 168 Å². The molecule has 0 spiro atoms. The second-order valence-corrected chi connectivity index (χ2v) is 7.58. The van der Waals surface area contributed by atoms with Crippen LogP contribution in [0.2, 0.25) is 0 Å². The molecule has 4 heterocycles. The third kappa shape index (κ3) is 3.51. The molecule has 1 saturated heterocycles. The molecule has 3 aromatic heterocycles. The normalized spacial score (nSPS) is 23.7. The fourth-order valence-electron chi connectivity index (χ4n) is 4.17. The molecule has 1 fully saturated rings. The second-order valence-electron chi connectivity index (χ2n) is 7.58. The predicted molar refractivity (Wildman–Crippen MR) is 110 cm³/mol. The molecule has 2 N–H and O–H groups in total. The quantitative estimate of drug-likeness (QED) is 0.693. The van der Waals surface area contributed by atoms with Crippen LogP contribution in [-0.2, 0) is 9.53 Å². The van der Waals surface area contributed by atoms with E-state index in [1.165, 1.54) is 0 Å². The number of carbonyl (C=O) groups excluding carboxylic acids is 1. The number of nitrogens with zero attached hydrogens (tertiary/aromatic N) is 1. The van der Waals surface area contributed by atoms with Crippen LogP contribution in [0.15, 0.2) is 65.8 Å². The van der Waals surface area contributed by atoms with Gasteiger partial charge in [0.15, 0.2) is 0 Å². The third-order valence-electron chi connectivity index (χ3n) is 5.73. The largest absolute Gasteiger partial charge is 0.472 e. The number of carbonyl (C=O) groups is 1. The van der Waals surface area contributed by atoms with Crippen LogP contribution < -0.4 is 5.32 Å². The van der Waals surface area contributed by atoms with Gasteiger partial charge in [0.25, 0.3) is 0 Å². The van der Waals surface area contributed by atoms with E-state index in [2.05, 4.69) is 27.4 Å². The molecule has 3 aromatic rings. The number of hydrogen-bond acceptors (Lipinski definition) is 4. The molecule has 2 aliphatic rings. The van der Waals surface area contributed by atoms with Crippen LogP contribution in [0.25, 0.3) is 22.2 Å². The van der Waals surface area contributed by atoms with Crippen molar-refractivity contribution < 1.29 is 13.9 Å². The molecule has 1 aliphatic carbocycles. The first-order chi connectivity index (χ1) is 14.3. The van der Waals surface area contributed by atoms with E-state index in [-0.39, 0.29) is 23.8 Å². The molecule has 3 unspecified atom stereocenters. The summed E-state index contributed by atoms with van der Waals surface area (Å²) in [5, 5.41) is 4.09. The molecular formula is C23H23N3O3. The van der Waals surface area contributed by atoms with Gasteiger partial charge in [-0.3, -0.25) is 4.79 Å². The Balaban J connectivity index is 1.41. The van der Waals surface area contributed by atoms with Gasteiger partial charge in [-0.15, -0.1) is 0 Å². The number of amides is 1. The Kier molecular flexibility index (Phi) is 4.77. The van der Waals surface area contributed by atoms with Gasteiger partial charge in [-0.25, -0.2) is 4.98 Å². The summed E-state index contributed by atoms with van der Waals surface area (Å²) in [7, 11) is 0. The van der Waals surface area contributed by atoms with E-state index >= 15 is 0 Å². The van der Waals surface area contributed by atoms with Crippen molar-refractivity contribution in [2.24, 2.45) is 5.92 Å². The van der Waals surface area contributed by atoms with Crippen molar-refractivity contribution in [2.75, 3.05) is 13.2 Å². The zero-order valence-electron chi connectivity index (χ0n) is 16.0. The summed E-state index contributed by atoms with van der Waals surface area (Å²) in [6.45, 7) is 1.36. The average molecular weight is 389 g/mol. The van der Waals surface area contributed by atoms with E-state index in [0.29, 0.717) is 6.54 Å². The number of allylic oxidation sites excluding steroid dienone is 3. The van der Waals surface area contributed by atoms with Gasteiger partial charge >= 0.3 is 0 Å². The lowest BCUT2D eigenvalue weighted by Crippen LogP contribution is -2.37. The van der Waals surface area contributed by atoms with Crippen molar-refractivity contribution in [3.8, 4) is 11.1 Å². The second kappa shape index (κ2) is 7.72. The highest BCUT2D eigenvalue weighted by Crippen LogP contribution is 2.34. The standard InChI is InChI=1S/C23H23N3O3/c27-23(26-12-17-4-3-8-29-17)19-6-2-1-5-18(19)16-10-20-21(15-7-9-28-14-15)13-25-22(20)24-11-16/h1-2,5-7,9-11,13-14,17-19H,3-4,8,12H2,(H,24,25)(H,26,27). The summed E-state index contributed by atoms with van der Waals surface area (Å²) in [5.74, 6) is -0.305. The van der Waals surface area contributed by atoms with Gasteiger partial charge in [-0.2, -0.15) is 0 Å². The monoisotopic (exact) mass is 389 g/mol. The summed E-state index contributed by atoms with van der Waals surface area (Å²) < 4.78 is 10.9. The molecule has 29 heavy (non-hydrogen) atoms.